The Kier molecular flexibility index (Phi) is 9.12. The van der Waals surface area contributed by atoms with Crippen molar-refractivity contribution >= 4 is 17.8 Å². The molecule has 0 unspecified atom stereocenters. The highest BCUT2D eigenvalue weighted by Gasteiger charge is 2.33. The van der Waals surface area contributed by atoms with Crippen LogP contribution >= 0.6 is 0 Å². The molecule has 0 saturated heterocycles. The van der Waals surface area contributed by atoms with Crippen LogP contribution in [0.25, 0.3) is 0 Å². The van der Waals surface area contributed by atoms with Crippen LogP contribution < -0.4 is 5.32 Å². The van der Waals surface area contributed by atoms with Crippen LogP contribution in [-0.2, 0) is 25.5 Å². The predicted molar refractivity (Wildman–Crippen MR) is 109 cm³/mol. The van der Waals surface area contributed by atoms with Crippen LogP contribution in [0.1, 0.15) is 51.5 Å². The van der Waals surface area contributed by atoms with Gasteiger partial charge in [0.05, 0.1) is 12.6 Å². The molecule has 7 nitrogen and oxygen atoms in total. The van der Waals surface area contributed by atoms with Crippen LogP contribution in [0.4, 0.5) is 0 Å². The minimum absolute atomic E-state index is 0.0480. The maximum absolute atomic E-state index is 13.0. The van der Waals surface area contributed by atoms with E-state index in [-0.39, 0.29) is 25.1 Å². The Morgan fingerprint density at radius 3 is 2.45 bits per heavy atom. The van der Waals surface area contributed by atoms with Gasteiger partial charge >= 0.3 is 11.9 Å². The molecule has 1 aliphatic rings. The third-order valence-electron chi connectivity index (χ3n) is 5.31. The van der Waals surface area contributed by atoms with Gasteiger partial charge in [-0.25, -0.2) is 0 Å². The van der Waals surface area contributed by atoms with E-state index >= 15 is 0 Å². The first kappa shape index (κ1) is 22.9. The zero-order chi connectivity index (χ0) is 21.2. The molecule has 0 aliphatic heterocycles. The number of nitrogens with one attached hydrogen (secondary N) is 1. The van der Waals surface area contributed by atoms with Crippen molar-refractivity contribution in [3.63, 3.8) is 0 Å². The summed E-state index contributed by atoms with van der Waals surface area (Å²) in [5, 5.41) is 12.3. The molecule has 1 saturated carbocycles. The number of hydrogen-bond acceptors (Lipinski definition) is 5. The lowest BCUT2D eigenvalue weighted by Crippen LogP contribution is -2.54. The van der Waals surface area contributed by atoms with Crippen molar-refractivity contribution in [1.29, 1.82) is 0 Å². The fourth-order valence-corrected chi connectivity index (χ4v) is 3.84. The summed E-state index contributed by atoms with van der Waals surface area (Å²) in [6, 6.07) is 8.44. The summed E-state index contributed by atoms with van der Waals surface area (Å²) in [5.74, 6) is -1.70. The van der Waals surface area contributed by atoms with Crippen LogP contribution in [0, 0.1) is 0 Å². The van der Waals surface area contributed by atoms with Crippen LogP contribution in [-0.4, -0.2) is 59.1 Å². The summed E-state index contributed by atoms with van der Waals surface area (Å²) in [6.45, 7) is 3.37. The third kappa shape index (κ3) is 7.16. The quantitative estimate of drug-likeness (QED) is 0.550. The number of aliphatic carboxylic acids is 1. The molecule has 1 amide bonds. The van der Waals surface area contributed by atoms with Gasteiger partial charge in [0.1, 0.15) is 12.6 Å². The summed E-state index contributed by atoms with van der Waals surface area (Å²) in [6.07, 6.45) is 4.79. The highest BCUT2D eigenvalue weighted by atomic mass is 16.5. The number of carboxylic acid groups (broad SMARTS) is 1. The first-order chi connectivity index (χ1) is 13.9. The maximum atomic E-state index is 13.0. The van der Waals surface area contributed by atoms with E-state index in [0.717, 1.165) is 31.2 Å². The van der Waals surface area contributed by atoms with Gasteiger partial charge in [-0.3, -0.25) is 19.7 Å². The molecular weight excluding hydrogens is 372 g/mol. The Bertz CT molecular complexity index is 673. The van der Waals surface area contributed by atoms with Crippen LogP contribution in [0.3, 0.4) is 0 Å². The van der Waals surface area contributed by atoms with E-state index in [4.69, 9.17) is 4.74 Å². The number of nitrogens with zero attached hydrogens (tertiary/aromatic N) is 1. The standard InChI is InChI=1S/C22H32N2O5/c1-3-29-22(28)19(14-13-17-9-5-4-6-10-17)23-16(2)21(27)24(15-20(25)26)18-11-7-8-12-18/h4-6,9-10,16,18-19,23H,3,7-8,11-15H2,1-2H3,(H,25,26)/t16-,19-/m0/s1. The van der Waals surface area contributed by atoms with E-state index in [1.165, 1.54) is 4.90 Å². The van der Waals surface area contributed by atoms with E-state index in [0.29, 0.717) is 12.8 Å². The summed E-state index contributed by atoms with van der Waals surface area (Å²) >= 11 is 0. The molecule has 2 atom stereocenters. The fraction of sp³-hybridized carbons (Fsp3) is 0.591. The lowest BCUT2D eigenvalue weighted by Gasteiger charge is -2.31. The smallest absolute Gasteiger partial charge is 0.323 e. The van der Waals surface area contributed by atoms with Gasteiger partial charge in [-0.2, -0.15) is 0 Å². The molecule has 160 valence electrons. The molecule has 0 heterocycles. The average Bonchev–Trinajstić information content (AvgIpc) is 3.24. The Morgan fingerprint density at radius 1 is 1.21 bits per heavy atom. The Labute approximate surface area is 172 Å². The number of rotatable bonds is 11. The van der Waals surface area contributed by atoms with Crippen molar-refractivity contribution in [3.05, 3.63) is 35.9 Å². The van der Waals surface area contributed by atoms with Gasteiger partial charge < -0.3 is 14.7 Å². The molecule has 0 radical (unpaired) electrons. The molecule has 2 N–H and O–H groups in total. The Morgan fingerprint density at radius 2 is 1.86 bits per heavy atom. The highest BCUT2D eigenvalue weighted by Crippen LogP contribution is 2.24. The summed E-state index contributed by atoms with van der Waals surface area (Å²) in [7, 11) is 0. The Hall–Kier alpha value is -2.41. The van der Waals surface area contributed by atoms with E-state index < -0.39 is 24.0 Å². The summed E-state index contributed by atoms with van der Waals surface area (Å²) < 4.78 is 5.18. The number of carbonyl (C=O) groups is 3. The van der Waals surface area contributed by atoms with Crippen molar-refractivity contribution in [2.75, 3.05) is 13.2 Å². The number of esters is 1. The van der Waals surface area contributed by atoms with Crippen molar-refractivity contribution in [2.24, 2.45) is 0 Å². The predicted octanol–water partition coefficient (Wildman–Crippen LogP) is 2.38. The Balaban J connectivity index is 2.04. The fourth-order valence-electron chi connectivity index (χ4n) is 3.84. The monoisotopic (exact) mass is 404 g/mol. The molecule has 7 heteroatoms. The largest absolute Gasteiger partial charge is 0.480 e. The maximum Gasteiger partial charge on any atom is 0.323 e. The molecule has 1 aliphatic carbocycles. The molecule has 29 heavy (non-hydrogen) atoms. The number of amides is 1. The third-order valence-corrected chi connectivity index (χ3v) is 5.31. The molecule has 1 fully saturated rings. The minimum Gasteiger partial charge on any atom is -0.480 e. The molecule has 1 aromatic carbocycles. The molecule has 0 spiro atoms. The number of aryl methyl sites for hydroxylation is 1. The van der Waals surface area contributed by atoms with Gasteiger partial charge in [0.2, 0.25) is 5.91 Å². The summed E-state index contributed by atoms with van der Waals surface area (Å²) in [4.78, 5) is 38.2. The molecular formula is C22H32N2O5. The number of ether oxygens (including phenoxy) is 1. The van der Waals surface area contributed by atoms with Crippen molar-refractivity contribution in [3.8, 4) is 0 Å². The van der Waals surface area contributed by atoms with Crippen LogP contribution in [0.15, 0.2) is 30.3 Å². The average molecular weight is 405 g/mol. The molecule has 0 bridgehead atoms. The van der Waals surface area contributed by atoms with E-state index in [2.05, 4.69) is 5.32 Å². The van der Waals surface area contributed by atoms with Crippen LogP contribution in [0.5, 0.6) is 0 Å². The molecule has 2 rings (SSSR count). The molecule has 1 aromatic rings. The lowest BCUT2D eigenvalue weighted by atomic mass is 10.0. The van der Waals surface area contributed by atoms with E-state index in [1.807, 2.05) is 30.3 Å². The zero-order valence-corrected chi connectivity index (χ0v) is 17.3. The summed E-state index contributed by atoms with van der Waals surface area (Å²) in [5.41, 5.74) is 1.10. The van der Waals surface area contributed by atoms with Gasteiger partial charge in [0.25, 0.3) is 0 Å². The van der Waals surface area contributed by atoms with Gasteiger partial charge in [-0.1, -0.05) is 43.2 Å². The SMILES string of the molecule is CCOC(=O)[C@H](CCc1ccccc1)N[C@@H](C)C(=O)N(CC(=O)O)C1CCCC1. The van der Waals surface area contributed by atoms with Gasteiger partial charge in [-0.15, -0.1) is 0 Å². The first-order valence-corrected chi connectivity index (χ1v) is 10.4. The van der Waals surface area contributed by atoms with Crippen molar-refractivity contribution in [1.82, 2.24) is 10.2 Å². The van der Waals surface area contributed by atoms with Crippen LogP contribution in [0.2, 0.25) is 0 Å². The lowest BCUT2D eigenvalue weighted by molar-refractivity contribution is -0.149. The van der Waals surface area contributed by atoms with Gasteiger partial charge in [0, 0.05) is 6.04 Å². The normalized spacial score (nSPS) is 16.2. The number of benzene rings is 1. The van der Waals surface area contributed by atoms with Crippen molar-refractivity contribution in [2.45, 2.75) is 70.5 Å². The second-order valence-electron chi connectivity index (χ2n) is 7.52. The second kappa shape index (κ2) is 11.6. The first-order valence-electron chi connectivity index (χ1n) is 10.4. The number of carboxylic acids is 1. The van der Waals surface area contributed by atoms with Crippen molar-refractivity contribution < 1.29 is 24.2 Å². The topological polar surface area (TPSA) is 95.9 Å². The van der Waals surface area contributed by atoms with Gasteiger partial charge in [0.15, 0.2) is 0 Å². The van der Waals surface area contributed by atoms with E-state index in [9.17, 15) is 19.5 Å². The minimum atomic E-state index is -1.02. The number of carbonyl (C=O) groups excluding carboxylic acids is 2. The number of hydrogen-bond donors (Lipinski definition) is 2. The highest BCUT2D eigenvalue weighted by molar-refractivity contribution is 5.86. The van der Waals surface area contributed by atoms with E-state index in [1.54, 1.807) is 13.8 Å². The second-order valence-corrected chi connectivity index (χ2v) is 7.52. The zero-order valence-electron chi connectivity index (χ0n) is 17.3. The molecule has 0 aromatic heterocycles. The van der Waals surface area contributed by atoms with Gasteiger partial charge in [-0.05, 0) is 45.1 Å².